The van der Waals surface area contributed by atoms with E-state index in [-0.39, 0.29) is 32.3 Å². The van der Waals surface area contributed by atoms with E-state index in [1.165, 1.54) is 0 Å². The largest absolute Gasteiger partial charge is 0.500 e. The summed E-state index contributed by atoms with van der Waals surface area (Å²) < 4.78 is 158. The van der Waals surface area contributed by atoms with Crippen LogP contribution in [0.15, 0.2) is 0 Å². The van der Waals surface area contributed by atoms with E-state index in [1.807, 2.05) is 0 Å². The molecule has 0 aromatic rings. The lowest BCUT2D eigenvalue weighted by Gasteiger charge is -2.36. The highest BCUT2D eigenvalue weighted by Gasteiger charge is 2.88. The molecule has 17 heteroatoms. The zero-order valence-corrected chi connectivity index (χ0v) is 18.0. The van der Waals surface area contributed by atoms with Crippen LogP contribution >= 0.6 is 0 Å². The fourth-order valence-corrected chi connectivity index (χ4v) is 4.95. The fraction of sp³-hybridized carbons (Fsp3) is 0.933. The van der Waals surface area contributed by atoms with Gasteiger partial charge in [-0.25, -0.2) is 0 Å². The Balaban J connectivity index is 5.41. The molecule has 0 aromatic carbocycles. The van der Waals surface area contributed by atoms with Gasteiger partial charge in [-0.1, -0.05) is 0 Å². The molecule has 0 unspecified atom stereocenters. The molecule has 32 heavy (non-hydrogen) atoms. The molecular formula is C15H22F11NO4Si. The third-order valence-corrected chi connectivity index (χ3v) is 7.01. The fourth-order valence-electron chi connectivity index (χ4n) is 2.33. The van der Waals surface area contributed by atoms with E-state index < -0.39 is 51.1 Å². The van der Waals surface area contributed by atoms with E-state index in [0.29, 0.717) is 0 Å². The summed E-state index contributed by atoms with van der Waals surface area (Å²) in [5.41, 5.74) is 0. The highest BCUT2D eigenvalue weighted by molar-refractivity contribution is 6.60. The molecule has 0 saturated heterocycles. The van der Waals surface area contributed by atoms with Crippen molar-refractivity contribution in [3.63, 3.8) is 0 Å². The number of carbonyl (C=O) groups is 1. The second-order valence-corrected chi connectivity index (χ2v) is 8.87. The Labute approximate surface area is 176 Å². The monoisotopic (exact) mass is 517 g/mol. The van der Waals surface area contributed by atoms with Gasteiger partial charge in [0.15, 0.2) is 0 Å². The lowest BCUT2D eigenvalue weighted by Crippen LogP contribution is -2.69. The average molecular weight is 517 g/mol. The van der Waals surface area contributed by atoms with E-state index in [1.54, 1.807) is 20.8 Å². The van der Waals surface area contributed by atoms with Crippen LogP contribution in [0.1, 0.15) is 27.2 Å². The normalized spacial score (nSPS) is 14.6. The maximum absolute atomic E-state index is 13.6. The van der Waals surface area contributed by atoms with Gasteiger partial charge in [0.1, 0.15) is 0 Å². The van der Waals surface area contributed by atoms with Crippen LogP contribution in [-0.4, -0.2) is 70.9 Å². The predicted molar refractivity (Wildman–Crippen MR) is 88.9 cm³/mol. The van der Waals surface area contributed by atoms with Crippen molar-refractivity contribution in [2.75, 3.05) is 26.4 Å². The van der Waals surface area contributed by atoms with Gasteiger partial charge in [0, 0.05) is 32.4 Å². The molecule has 0 spiro atoms. The minimum absolute atomic E-state index is 0.103. The Bertz CT molecular complexity index is 600. The molecule has 0 aliphatic carbocycles. The van der Waals surface area contributed by atoms with Gasteiger partial charge in [-0.3, -0.25) is 4.79 Å². The van der Waals surface area contributed by atoms with Gasteiger partial charge in [-0.05, 0) is 27.2 Å². The van der Waals surface area contributed by atoms with Crippen LogP contribution in [0.2, 0.25) is 6.04 Å². The van der Waals surface area contributed by atoms with Gasteiger partial charge in [-0.2, -0.15) is 48.3 Å². The van der Waals surface area contributed by atoms with Gasteiger partial charge < -0.3 is 18.6 Å². The first-order valence-corrected chi connectivity index (χ1v) is 11.0. The van der Waals surface area contributed by atoms with Crippen molar-refractivity contribution < 1.29 is 66.4 Å². The summed E-state index contributed by atoms with van der Waals surface area (Å²) in [7, 11) is -3.36. The van der Waals surface area contributed by atoms with Crippen LogP contribution in [0.5, 0.6) is 0 Å². The van der Waals surface area contributed by atoms with Crippen molar-refractivity contribution in [2.45, 2.75) is 63.1 Å². The minimum Gasteiger partial charge on any atom is -0.374 e. The van der Waals surface area contributed by atoms with Gasteiger partial charge in [0.05, 0.1) is 0 Å². The summed E-state index contributed by atoms with van der Waals surface area (Å²) in [4.78, 5) is 11.4. The molecule has 0 aliphatic heterocycles. The summed E-state index contributed by atoms with van der Waals surface area (Å²) >= 11 is 0. The standard InChI is InChI=1S/C15H22F11NO4Si/c1-4-29-32(30-5-2,31-6-3)9-7-8-27-10(28)11(16,17)12(18,19)13(20,21)14(22,23)15(24,25)26/h4-9H2,1-3H3,(H,27,28). The molecule has 0 atom stereocenters. The first-order valence-electron chi connectivity index (χ1n) is 9.09. The number of nitrogens with one attached hydrogen (secondary N) is 1. The quantitative estimate of drug-likeness (QED) is 0.207. The van der Waals surface area contributed by atoms with Crippen LogP contribution in [-0.2, 0) is 18.1 Å². The molecule has 0 aromatic heterocycles. The molecule has 1 amide bonds. The Hall–Kier alpha value is -1.20. The van der Waals surface area contributed by atoms with Gasteiger partial charge in [0.2, 0.25) is 0 Å². The smallest absolute Gasteiger partial charge is 0.374 e. The first kappa shape index (κ1) is 30.8. The molecule has 0 bridgehead atoms. The second-order valence-electron chi connectivity index (χ2n) is 6.14. The maximum atomic E-state index is 13.6. The summed E-state index contributed by atoms with van der Waals surface area (Å²) in [5, 5.41) is 1.12. The molecule has 0 saturated carbocycles. The molecule has 0 rings (SSSR count). The maximum Gasteiger partial charge on any atom is 0.500 e. The number of carbonyl (C=O) groups excluding carboxylic acids is 1. The number of alkyl halides is 11. The zero-order chi connectivity index (χ0) is 25.6. The third-order valence-electron chi connectivity index (χ3n) is 3.86. The molecule has 0 aliphatic rings. The highest BCUT2D eigenvalue weighted by Crippen LogP contribution is 2.57. The molecule has 0 radical (unpaired) electrons. The summed E-state index contributed by atoms with van der Waals surface area (Å²) in [6, 6.07) is -0.146. The van der Waals surface area contributed by atoms with Gasteiger partial charge >= 0.3 is 38.7 Å². The van der Waals surface area contributed by atoms with Crippen molar-refractivity contribution in [3.8, 4) is 0 Å². The average Bonchev–Trinajstić information content (AvgIpc) is 2.64. The van der Waals surface area contributed by atoms with Crippen molar-refractivity contribution in [2.24, 2.45) is 0 Å². The first-order chi connectivity index (χ1) is 14.3. The Morgan fingerprint density at radius 1 is 0.719 bits per heavy atom. The summed E-state index contributed by atoms with van der Waals surface area (Å²) in [5.74, 6) is -32.4. The predicted octanol–water partition coefficient (Wildman–Crippen LogP) is 4.64. The lowest BCUT2D eigenvalue weighted by atomic mass is 9.97. The van der Waals surface area contributed by atoms with Crippen LogP contribution in [0.25, 0.3) is 0 Å². The van der Waals surface area contributed by atoms with Crippen LogP contribution in [0.3, 0.4) is 0 Å². The third kappa shape index (κ3) is 6.02. The van der Waals surface area contributed by atoms with Crippen LogP contribution in [0.4, 0.5) is 48.3 Å². The topological polar surface area (TPSA) is 56.8 Å². The Kier molecular flexibility index (Phi) is 10.4. The molecule has 0 heterocycles. The van der Waals surface area contributed by atoms with Gasteiger partial charge in [-0.15, -0.1) is 0 Å². The van der Waals surface area contributed by atoms with E-state index in [9.17, 15) is 53.1 Å². The van der Waals surface area contributed by atoms with Crippen molar-refractivity contribution >= 4 is 14.7 Å². The van der Waals surface area contributed by atoms with Crippen molar-refractivity contribution in [3.05, 3.63) is 0 Å². The van der Waals surface area contributed by atoms with Crippen LogP contribution < -0.4 is 5.32 Å². The van der Waals surface area contributed by atoms with E-state index in [2.05, 4.69) is 0 Å². The summed E-state index contributed by atoms with van der Waals surface area (Å²) in [6.07, 6.45) is -7.62. The van der Waals surface area contributed by atoms with Crippen LogP contribution in [0, 0.1) is 0 Å². The van der Waals surface area contributed by atoms with E-state index >= 15 is 0 Å². The van der Waals surface area contributed by atoms with Crippen molar-refractivity contribution in [1.29, 1.82) is 0 Å². The Morgan fingerprint density at radius 3 is 1.47 bits per heavy atom. The zero-order valence-electron chi connectivity index (χ0n) is 17.0. The Morgan fingerprint density at radius 2 is 1.12 bits per heavy atom. The number of amides is 1. The minimum atomic E-state index is -7.64. The summed E-state index contributed by atoms with van der Waals surface area (Å²) in [6.45, 7) is 4.14. The molecule has 5 nitrogen and oxygen atoms in total. The SMILES string of the molecule is CCO[Si](CCCNC(=O)C(F)(F)C(F)(F)C(F)(F)C(F)(F)C(F)(F)F)(OCC)OCC. The second kappa shape index (κ2) is 10.8. The number of rotatable bonds is 14. The van der Waals surface area contributed by atoms with E-state index in [0.717, 1.165) is 5.32 Å². The molecule has 1 N–H and O–H groups in total. The van der Waals surface area contributed by atoms with Crippen molar-refractivity contribution in [1.82, 2.24) is 5.32 Å². The number of hydrogen-bond acceptors (Lipinski definition) is 4. The van der Waals surface area contributed by atoms with E-state index in [4.69, 9.17) is 13.3 Å². The molecule has 192 valence electrons. The number of hydrogen-bond donors (Lipinski definition) is 1. The van der Waals surface area contributed by atoms with Gasteiger partial charge in [0.25, 0.3) is 5.91 Å². The molecular weight excluding hydrogens is 495 g/mol. The number of halogens is 11. The highest BCUT2D eigenvalue weighted by atomic mass is 28.4. The molecule has 0 fully saturated rings. The lowest BCUT2D eigenvalue weighted by molar-refractivity contribution is -0.417.